The molecule has 2 aliphatic heterocycles. The van der Waals surface area contributed by atoms with E-state index in [-0.39, 0.29) is 5.91 Å². The van der Waals surface area contributed by atoms with Crippen LogP contribution < -0.4 is 10.1 Å². The first-order chi connectivity index (χ1) is 15.5. The van der Waals surface area contributed by atoms with E-state index in [1.165, 1.54) is 0 Å². The van der Waals surface area contributed by atoms with Crippen molar-refractivity contribution in [1.82, 2.24) is 15.2 Å². The molecule has 3 heterocycles. The third-order valence-corrected chi connectivity index (χ3v) is 6.55. The predicted octanol–water partition coefficient (Wildman–Crippen LogP) is 3.73. The molecule has 2 N–H and O–H groups in total. The van der Waals surface area contributed by atoms with Crippen LogP contribution in [0.25, 0.3) is 22.0 Å². The molecule has 2 aromatic carbocycles. The van der Waals surface area contributed by atoms with Crippen LogP contribution in [0.4, 0.5) is 0 Å². The van der Waals surface area contributed by atoms with Crippen molar-refractivity contribution in [2.75, 3.05) is 26.2 Å². The number of pyridine rings is 1. The molecule has 1 saturated heterocycles. The summed E-state index contributed by atoms with van der Waals surface area (Å²) >= 11 is 6.48. The molecule has 3 aromatic rings. The highest BCUT2D eigenvalue weighted by atomic mass is 35.5. The number of ether oxygens (including phenoxy) is 1. The number of aromatic nitrogens is 1. The maximum Gasteiger partial charge on any atom is 0.264 e. The maximum atomic E-state index is 13.1. The molecule has 6 nitrogen and oxygen atoms in total. The van der Waals surface area contributed by atoms with E-state index in [9.17, 15) is 9.90 Å². The number of piperazine rings is 1. The van der Waals surface area contributed by atoms with Gasteiger partial charge in [-0.2, -0.15) is 0 Å². The average Bonchev–Trinajstić information content (AvgIpc) is 3.26. The summed E-state index contributed by atoms with van der Waals surface area (Å²) in [7, 11) is 0. The van der Waals surface area contributed by atoms with Crippen LogP contribution in [0.2, 0.25) is 5.02 Å². The zero-order valence-corrected chi connectivity index (χ0v) is 18.7. The number of aliphatic hydroxyl groups excluding tert-OH is 1. The van der Waals surface area contributed by atoms with Crippen molar-refractivity contribution >= 4 is 28.4 Å². The van der Waals surface area contributed by atoms with E-state index in [1.807, 2.05) is 48.2 Å². The molecule has 0 spiro atoms. The van der Waals surface area contributed by atoms with Crippen LogP contribution in [0.5, 0.6) is 5.75 Å². The number of hydrogen-bond donors (Lipinski definition) is 2. The molecule has 7 heteroatoms. The zero-order chi connectivity index (χ0) is 22.2. The largest absolute Gasteiger partial charge is 0.479 e. The van der Waals surface area contributed by atoms with Crippen LogP contribution in [0.3, 0.4) is 0 Å². The van der Waals surface area contributed by atoms with Crippen molar-refractivity contribution in [2.24, 2.45) is 0 Å². The second-order valence-electron chi connectivity index (χ2n) is 8.39. The minimum atomic E-state index is -0.528. The Labute approximate surface area is 192 Å². The normalized spacial score (nSPS) is 19.0. The summed E-state index contributed by atoms with van der Waals surface area (Å²) in [5.41, 5.74) is 4.40. The number of nitrogens with one attached hydrogen (secondary N) is 1. The van der Waals surface area contributed by atoms with Crippen LogP contribution in [-0.2, 0) is 11.2 Å². The number of benzene rings is 2. The standard InChI is InChI=1S/C25H26ClN3O3/c1-2-22(30)15-3-4-19-18(5-6-28-21(19)12-15)20-14-17(26)11-16-13-23(32-24(16)20)25(31)29-9-7-27-8-10-29/h3-6,11-12,14,22-23,27,30H,2,7-10,13H2,1H3/t22?,23-/m1/s1. The van der Waals surface area contributed by atoms with E-state index in [1.54, 1.807) is 6.20 Å². The molecule has 0 aliphatic carbocycles. The van der Waals surface area contributed by atoms with Crippen LogP contribution in [0.1, 0.15) is 30.6 Å². The molecule has 5 rings (SSSR count). The van der Waals surface area contributed by atoms with Gasteiger partial charge in [-0.15, -0.1) is 0 Å². The van der Waals surface area contributed by atoms with Gasteiger partial charge in [0.1, 0.15) is 5.75 Å². The van der Waals surface area contributed by atoms with Gasteiger partial charge < -0.3 is 20.1 Å². The van der Waals surface area contributed by atoms with Gasteiger partial charge in [-0.05, 0) is 41.8 Å². The minimum Gasteiger partial charge on any atom is -0.479 e. The van der Waals surface area contributed by atoms with Gasteiger partial charge in [-0.3, -0.25) is 9.78 Å². The smallest absolute Gasteiger partial charge is 0.264 e. The fraction of sp³-hybridized carbons (Fsp3) is 0.360. The van der Waals surface area contributed by atoms with Crippen LogP contribution in [-0.4, -0.2) is 53.2 Å². The van der Waals surface area contributed by atoms with Crippen molar-refractivity contribution in [3.8, 4) is 16.9 Å². The van der Waals surface area contributed by atoms with Crippen LogP contribution in [0, 0.1) is 0 Å². The Morgan fingerprint density at radius 1 is 1.25 bits per heavy atom. The summed E-state index contributed by atoms with van der Waals surface area (Å²) in [6, 6.07) is 11.6. The number of nitrogens with zero attached hydrogens (tertiary/aromatic N) is 2. The maximum absolute atomic E-state index is 13.1. The molecule has 1 fully saturated rings. The van der Waals surface area contributed by atoms with Crippen molar-refractivity contribution in [3.05, 3.63) is 58.7 Å². The lowest BCUT2D eigenvalue weighted by atomic mass is 9.96. The molecule has 166 valence electrons. The quantitative estimate of drug-likeness (QED) is 0.632. The van der Waals surface area contributed by atoms with Crippen molar-refractivity contribution in [2.45, 2.75) is 32.0 Å². The number of rotatable bonds is 4. The molecule has 1 unspecified atom stereocenters. The third-order valence-electron chi connectivity index (χ3n) is 6.33. The van der Waals surface area contributed by atoms with E-state index >= 15 is 0 Å². The van der Waals surface area contributed by atoms with Gasteiger partial charge in [0.2, 0.25) is 0 Å². The summed E-state index contributed by atoms with van der Waals surface area (Å²) in [5.74, 6) is 0.746. The van der Waals surface area contributed by atoms with Gasteiger partial charge in [-0.1, -0.05) is 30.7 Å². The second-order valence-corrected chi connectivity index (χ2v) is 8.82. The Balaban J connectivity index is 1.53. The van der Waals surface area contributed by atoms with Gasteiger partial charge in [-0.25, -0.2) is 0 Å². The first-order valence-electron chi connectivity index (χ1n) is 11.1. The number of hydrogen-bond acceptors (Lipinski definition) is 5. The molecule has 2 aliphatic rings. The second kappa shape index (κ2) is 8.70. The van der Waals surface area contributed by atoms with Gasteiger partial charge >= 0.3 is 0 Å². The highest BCUT2D eigenvalue weighted by Crippen LogP contribution is 2.43. The first kappa shape index (κ1) is 21.2. The fourth-order valence-electron chi connectivity index (χ4n) is 4.59. The van der Waals surface area contributed by atoms with E-state index in [4.69, 9.17) is 16.3 Å². The van der Waals surface area contributed by atoms with Crippen molar-refractivity contribution in [3.63, 3.8) is 0 Å². The zero-order valence-electron chi connectivity index (χ0n) is 18.0. The van der Waals surface area contributed by atoms with Crippen LogP contribution in [0.15, 0.2) is 42.6 Å². The van der Waals surface area contributed by atoms with Gasteiger partial charge in [0.25, 0.3) is 5.91 Å². The minimum absolute atomic E-state index is 0.0301. The first-order valence-corrected chi connectivity index (χ1v) is 11.5. The molecule has 0 saturated carbocycles. The highest BCUT2D eigenvalue weighted by molar-refractivity contribution is 6.31. The van der Waals surface area contributed by atoms with E-state index in [0.29, 0.717) is 36.7 Å². The number of aliphatic hydroxyl groups is 1. The molecule has 2 atom stereocenters. The molecular formula is C25H26ClN3O3. The molecule has 1 aromatic heterocycles. The van der Waals surface area contributed by atoms with Gasteiger partial charge in [0, 0.05) is 60.3 Å². The lowest BCUT2D eigenvalue weighted by Gasteiger charge is -2.29. The summed E-state index contributed by atoms with van der Waals surface area (Å²) in [4.78, 5) is 19.4. The summed E-state index contributed by atoms with van der Waals surface area (Å²) in [5, 5.41) is 15.1. The van der Waals surface area contributed by atoms with Crippen molar-refractivity contribution < 1.29 is 14.6 Å². The Hall–Kier alpha value is -2.67. The Bertz CT molecular complexity index is 1180. The Morgan fingerprint density at radius 2 is 2.06 bits per heavy atom. The number of fused-ring (bicyclic) bond motifs is 2. The number of carbonyl (C=O) groups excluding carboxylic acids is 1. The summed E-state index contributed by atoms with van der Waals surface area (Å²) < 4.78 is 6.26. The third kappa shape index (κ3) is 3.83. The molecule has 0 bridgehead atoms. The molecule has 1 amide bonds. The van der Waals surface area contributed by atoms with E-state index in [0.717, 1.165) is 46.2 Å². The number of halogens is 1. The molecule has 32 heavy (non-hydrogen) atoms. The Kier molecular flexibility index (Phi) is 5.76. The summed E-state index contributed by atoms with van der Waals surface area (Å²) in [6.45, 7) is 4.96. The SMILES string of the molecule is CCC(O)c1ccc2c(-c3cc(Cl)cc4c3O[C@@H](C(=O)N3CCNCC3)C4)ccnc2c1. The molecular weight excluding hydrogens is 426 g/mol. The fourth-order valence-corrected chi connectivity index (χ4v) is 4.83. The van der Waals surface area contributed by atoms with E-state index in [2.05, 4.69) is 10.3 Å². The van der Waals surface area contributed by atoms with Gasteiger partial charge in [0.15, 0.2) is 6.10 Å². The predicted molar refractivity (Wildman–Crippen MR) is 125 cm³/mol. The highest BCUT2D eigenvalue weighted by Gasteiger charge is 2.35. The lowest BCUT2D eigenvalue weighted by molar-refractivity contribution is -0.138. The Morgan fingerprint density at radius 3 is 2.84 bits per heavy atom. The topological polar surface area (TPSA) is 74.7 Å². The lowest BCUT2D eigenvalue weighted by Crippen LogP contribution is -2.50. The average molecular weight is 452 g/mol. The van der Waals surface area contributed by atoms with Crippen LogP contribution >= 0.6 is 11.6 Å². The van der Waals surface area contributed by atoms with E-state index < -0.39 is 12.2 Å². The number of amides is 1. The monoisotopic (exact) mass is 451 g/mol. The van der Waals surface area contributed by atoms with Crippen molar-refractivity contribution in [1.29, 1.82) is 0 Å². The molecule has 0 radical (unpaired) electrons. The number of carbonyl (C=O) groups is 1. The summed E-state index contributed by atoms with van der Waals surface area (Å²) in [6.07, 6.45) is 1.87. The van der Waals surface area contributed by atoms with Gasteiger partial charge in [0.05, 0.1) is 11.6 Å².